The molecule has 1 aromatic carbocycles. The third kappa shape index (κ3) is 4.16. The number of thiophene rings is 1. The monoisotopic (exact) mass is 303 g/mol. The number of hydrogen-bond donors (Lipinski definition) is 2. The van der Waals surface area contributed by atoms with Crippen molar-refractivity contribution < 1.29 is 9.90 Å². The number of rotatable bonds is 5. The maximum Gasteiger partial charge on any atom is 0.325 e. The lowest BCUT2D eigenvalue weighted by molar-refractivity contribution is -0.139. The van der Waals surface area contributed by atoms with Crippen LogP contribution in [-0.2, 0) is 16.8 Å². The third-order valence-electron chi connectivity index (χ3n) is 3.26. The van der Waals surface area contributed by atoms with Crippen molar-refractivity contribution in [2.75, 3.05) is 0 Å². The van der Waals surface area contributed by atoms with Crippen molar-refractivity contribution in [2.24, 2.45) is 0 Å². The van der Waals surface area contributed by atoms with Crippen LogP contribution in [0.2, 0.25) is 0 Å². The number of carbonyl (C=O) groups is 1. The van der Waals surface area contributed by atoms with Crippen molar-refractivity contribution in [3.63, 3.8) is 0 Å². The molecule has 0 saturated carbocycles. The minimum Gasteiger partial charge on any atom is -0.480 e. The van der Waals surface area contributed by atoms with Crippen LogP contribution in [0.15, 0.2) is 42.5 Å². The van der Waals surface area contributed by atoms with Gasteiger partial charge in [-0.2, -0.15) is 0 Å². The van der Waals surface area contributed by atoms with Gasteiger partial charge in [-0.1, -0.05) is 51.1 Å². The lowest BCUT2D eigenvalue weighted by Gasteiger charge is -2.16. The Morgan fingerprint density at radius 3 is 2.38 bits per heavy atom. The number of carboxylic acid groups (broad SMARTS) is 1. The molecule has 2 aromatic rings. The maximum atomic E-state index is 11.4. The number of aliphatic carboxylic acids is 1. The molecule has 112 valence electrons. The summed E-state index contributed by atoms with van der Waals surface area (Å²) in [6.45, 7) is 7.10. The highest BCUT2D eigenvalue weighted by atomic mass is 32.1. The number of hydrogen-bond acceptors (Lipinski definition) is 3. The lowest BCUT2D eigenvalue weighted by atomic mass is 9.95. The van der Waals surface area contributed by atoms with E-state index >= 15 is 0 Å². The Balaban J connectivity index is 2.06. The average molecular weight is 303 g/mol. The second kappa shape index (κ2) is 6.41. The van der Waals surface area contributed by atoms with Crippen molar-refractivity contribution in [1.82, 2.24) is 5.32 Å². The molecule has 1 unspecified atom stereocenters. The molecule has 21 heavy (non-hydrogen) atoms. The molecule has 1 atom stereocenters. The summed E-state index contributed by atoms with van der Waals surface area (Å²) >= 11 is 1.73. The highest BCUT2D eigenvalue weighted by Crippen LogP contribution is 2.29. The second-order valence-corrected chi connectivity index (χ2v) is 7.25. The van der Waals surface area contributed by atoms with Gasteiger partial charge in [0, 0.05) is 16.3 Å². The van der Waals surface area contributed by atoms with Crippen LogP contribution in [0.25, 0.3) is 0 Å². The Morgan fingerprint density at radius 2 is 1.86 bits per heavy atom. The summed E-state index contributed by atoms with van der Waals surface area (Å²) in [6.07, 6.45) is 0. The first-order chi connectivity index (χ1) is 9.88. The van der Waals surface area contributed by atoms with Crippen molar-refractivity contribution >= 4 is 17.3 Å². The number of benzene rings is 1. The van der Waals surface area contributed by atoms with E-state index in [1.54, 1.807) is 11.3 Å². The Kier molecular flexibility index (Phi) is 4.80. The highest BCUT2D eigenvalue weighted by Gasteiger charge is 2.20. The average Bonchev–Trinajstić information content (AvgIpc) is 2.88. The molecule has 0 bridgehead atoms. The van der Waals surface area contributed by atoms with E-state index < -0.39 is 12.0 Å². The van der Waals surface area contributed by atoms with Gasteiger partial charge < -0.3 is 5.11 Å². The van der Waals surface area contributed by atoms with Gasteiger partial charge in [0.25, 0.3) is 0 Å². The molecular formula is C17H21NO2S. The van der Waals surface area contributed by atoms with Crippen LogP contribution in [0, 0.1) is 0 Å². The molecular weight excluding hydrogens is 282 g/mol. The Hall–Kier alpha value is -1.65. The molecule has 1 aromatic heterocycles. The van der Waals surface area contributed by atoms with Crippen LogP contribution in [0.3, 0.4) is 0 Å². The predicted molar refractivity (Wildman–Crippen MR) is 86.7 cm³/mol. The van der Waals surface area contributed by atoms with E-state index in [4.69, 9.17) is 0 Å². The first-order valence-electron chi connectivity index (χ1n) is 6.98. The molecule has 0 amide bonds. The zero-order chi connectivity index (χ0) is 15.5. The minimum absolute atomic E-state index is 0.133. The summed E-state index contributed by atoms with van der Waals surface area (Å²) in [4.78, 5) is 13.9. The van der Waals surface area contributed by atoms with Crippen molar-refractivity contribution in [3.8, 4) is 0 Å². The Bertz CT molecular complexity index is 599. The summed E-state index contributed by atoms with van der Waals surface area (Å²) in [5.41, 5.74) is 0.909. The first kappa shape index (κ1) is 15.7. The summed E-state index contributed by atoms with van der Waals surface area (Å²) in [5.74, 6) is -0.853. The van der Waals surface area contributed by atoms with Crippen molar-refractivity contribution in [1.29, 1.82) is 0 Å². The highest BCUT2D eigenvalue weighted by molar-refractivity contribution is 7.12. The lowest BCUT2D eigenvalue weighted by Crippen LogP contribution is -2.27. The molecule has 2 N–H and O–H groups in total. The van der Waals surface area contributed by atoms with Crippen molar-refractivity contribution in [3.05, 3.63) is 57.8 Å². The molecule has 0 fully saturated rings. The summed E-state index contributed by atoms with van der Waals surface area (Å²) in [7, 11) is 0. The Morgan fingerprint density at radius 1 is 1.19 bits per heavy atom. The zero-order valence-corrected chi connectivity index (χ0v) is 13.4. The van der Waals surface area contributed by atoms with E-state index in [0.717, 1.165) is 10.4 Å². The van der Waals surface area contributed by atoms with Gasteiger partial charge in [0.05, 0.1) is 0 Å². The van der Waals surface area contributed by atoms with Crippen molar-refractivity contribution in [2.45, 2.75) is 38.8 Å². The van der Waals surface area contributed by atoms with Crippen LogP contribution in [0.1, 0.15) is 42.1 Å². The van der Waals surface area contributed by atoms with Gasteiger partial charge in [0.15, 0.2) is 0 Å². The SMILES string of the molecule is CC(C)(C)c1ccc(CNC(C(=O)O)c2ccccc2)s1. The van der Waals surface area contributed by atoms with E-state index in [1.807, 2.05) is 30.3 Å². The normalized spacial score (nSPS) is 13.1. The van der Waals surface area contributed by atoms with Crippen LogP contribution >= 0.6 is 11.3 Å². The summed E-state index contributed by atoms with van der Waals surface area (Å²) < 4.78 is 0. The van der Waals surface area contributed by atoms with Gasteiger partial charge in [-0.15, -0.1) is 11.3 Å². The fourth-order valence-corrected chi connectivity index (χ4v) is 3.09. The summed E-state index contributed by atoms with van der Waals surface area (Å²) in [6, 6.07) is 12.8. The predicted octanol–water partition coefficient (Wildman–Crippen LogP) is 3.96. The van der Waals surface area contributed by atoms with E-state index in [0.29, 0.717) is 6.54 Å². The standard InChI is InChI=1S/C17H21NO2S/c1-17(2,3)14-10-9-13(21-14)11-18-15(16(19)20)12-7-5-4-6-8-12/h4-10,15,18H,11H2,1-3H3,(H,19,20). The van der Waals surface area contributed by atoms with Gasteiger partial charge in [-0.25, -0.2) is 0 Å². The summed E-state index contributed by atoms with van der Waals surface area (Å²) in [5, 5.41) is 12.5. The molecule has 0 saturated heterocycles. The second-order valence-electron chi connectivity index (χ2n) is 6.08. The number of carboxylic acids is 1. The van der Waals surface area contributed by atoms with E-state index in [2.05, 4.69) is 38.2 Å². The van der Waals surface area contributed by atoms with Gasteiger partial charge in [0.1, 0.15) is 6.04 Å². The van der Waals surface area contributed by atoms with Gasteiger partial charge in [-0.05, 0) is 23.1 Å². The number of nitrogens with one attached hydrogen (secondary N) is 1. The van der Waals surface area contributed by atoms with Crippen LogP contribution in [-0.4, -0.2) is 11.1 Å². The van der Waals surface area contributed by atoms with E-state index in [1.165, 1.54) is 4.88 Å². The fraction of sp³-hybridized carbons (Fsp3) is 0.353. The zero-order valence-electron chi connectivity index (χ0n) is 12.6. The molecule has 0 spiro atoms. The molecule has 4 heteroatoms. The minimum atomic E-state index is -0.853. The van der Waals surface area contributed by atoms with Gasteiger partial charge in [0.2, 0.25) is 0 Å². The molecule has 2 rings (SSSR count). The van der Waals surface area contributed by atoms with Crippen LogP contribution in [0.4, 0.5) is 0 Å². The maximum absolute atomic E-state index is 11.4. The quantitative estimate of drug-likeness (QED) is 0.879. The largest absolute Gasteiger partial charge is 0.480 e. The van der Waals surface area contributed by atoms with Crippen LogP contribution < -0.4 is 5.32 Å². The third-order valence-corrected chi connectivity index (χ3v) is 4.77. The van der Waals surface area contributed by atoms with E-state index in [9.17, 15) is 9.90 Å². The fourth-order valence-electron chi connectivity index (χ4n) is 2.07. The molecule has 0 aliphatic heterocycles. The van der Waals surface area contributed by atoms with E-state index in [-0.39, 0.29) is 5.41 Å². The first-order valence-corrected chi connectivity index (χ1v) is 7.80. The van der Waals surface area contributed by atoms with Crippen LogP contribution in [0.5, 0.6) is 0 Å². The molecule has 0 aliphatic rings. The molecule has 0 radical (unpaired) electrons. The molecule has 0 aliphatic carbocycles. The van der Waals surface area contributed by atoms with Gasteiger partial charge >= 0.3 is 5.97 Å². The molecule has 1 heterocycles. The Labute approximate surface area is 129 Å². The smallest absolute Gasteiger partial charge is 0.325 e. The van der Waals surface area contributed by atoms with Gasteiger partial charge in [-0.3, -0.25) is 10.1 Å². The molecule has 3 nitrogen and oxygen atoms in total. The topological polar surface area (TPSA) is 49.3 Å².